The molecule has 1 amide bonds. The van der Waals surface area contributed by atoms with Crippen LogP contribution in [0, 0.1) is 0 Å². The van der Waals surface area contributed by atoms with Gasteiger partial charge in [-0.2, -0.15) is 0 Å². The van der Waals surface area contributed by atoms with Crippen LogP contribution < -0.4 is 5.32 Å². The molecule has 1 aliphatic heterocycles. The van der Waals surface area contributed by atoms with E-state index in [9.17, 15) is 4.79 Å². The number of nitrogens with one attached hydrogen (secondary N) is 1. The van der Waals surface area contributed by atoms with Gasteiger partial charge in [0.25, 0.3) is 5.91 Å². The van der Waals surface area contributed by atoms with Crippen molar-refractivity contribution in [2.24, 2.45) is 0 Å². The van der Waals surface area contributed by atoms with Crippen LogP contribution in [-0.4, -0.2) is 17.5 Å². The molecular weight excluding hydrogens is 200 g/mol. The smallest absolute Gasteiger partial charge is 0.269 e. The third kappa shape index (κ3) is 1.34. The Kier molecular flexibility index (Phi) is 2.33. The molecule has 0 spiro atoms. The van der Waals surface area contributed by atoms with Crippen LogP contribution in [0.15, 0.2) is 12.1 Å². The molecule has 74 valence electrons. The molecule has 0 saturated heterocycles. The molecule has 0 radical (unpaired) electrons. The maximum Gasteiger partial charge on any atom is 0.269 e. The monoisotopic (exact) mass is 210 g/mol. The van der Waals surface area contributed by atoms with Gasteiger partial charge in [-0.05, 0) is 18.6 Å². The zero-order valence-corrected chi connectivity index (χ0v) is 8.64. The molecule has 4 heteroatoms. The second-order valence-corrected chi connectivity index (χ2v) is 3.59. The van der Waals surface area contributed by atoms with Gasteiger partial charge < -0.3 is 9.88 Å². The second kappa shape index (κ2) is 3.50. The van der Waals surface area contributed by atoms with Crippen molar-refractivity contribution >= 4 is 23.6 Å². The van der Waals surface area contributed by atoms with Gasteiger partial charge in [0.05, 0.1) is 5.02 Å². The Morgan fingerprint density at radius 3 is 3.14 bits per heavy atom. The minimum absolute atomic E-state index is 0.128. The molecule has 14 heavy (non-hydrogen) atoms. The van der Waals surface area contributed by atoms with E-state index in [0.717, 1.165) is 18.7 Å². The average Bonchev–Trinajstić information content (AvgIpc) is 2.53. The highest BCUT2D eigenvalue weighted by molar-refractivity contribution is 6.33. The number of rotatable bonds is 1. The van der Waals surface area contributed by atoms with Crippen molar-refractivity contribution in [3.63, 3.8) is 0 Å². The van der Waals surface area contributed by atoms with E-state index in [0.29, 0.717) is 10.7 Å². The molecule has 1 N–H and O–H groups in total. The van der Waals surface area contributed by atoms with E-state index in [1.807, 2.05) is 16.7 Å². The minimum atomic E-state index is -0.128. The summed E-state index contributed by atoms with van der Waals surface area (Å²) in [6.45, 7) is 0.821. The van der Waals surface area contributed by atoms with E-state index in [4.69, 9.17) is 11.6 Å². The van der Waals surface area contributed by atoms with Crippen LogP contribution >= 0.6 is 11.6 Å². The third-order valence-corrected chi connectivity index (χ3v) is 2.62. The van der Waals surface area contributed by atoms with Crippen molar-refractivity contribution in [1.82, 2.24) is 9.88 Å². The molecule has 0 atom stereocenters. The lowest BCUT2D eigenvalue weighted by molar-refractivity contribution is 0.0954. The largest absolute Gasteiger partial charge is 0.354 e. The van der Waals surface area contributed by atoms with Gasteiger partial charge in [-0.3, -0.25) is 4.79 Å². The SMILES string of the molecule is CNC(=O)c1c(Cl)cc2n1CCC=C2. The van der Waals surface area contributed by atoms with E-state index >= 15 is 0 Å². The summed E-state index contributed by atoms with van der Waals surface area (Å²) in [5.74, 6) is -0.128. The van der Waals surface area contributed by atoms with Gasteiger partial charge in [-0.1, -0.05) is 17.7 Å². The van der Waals surface area contributed by atoms with Crippen LogP contribution in [0.3, 0.4) is 0 Å². The molecule has 2 heterocycles. The van der Waals surface area contributed by atoms with Crippen molar-refractivity contribution < 1.29 is 4.79 Å². The number of hydrogen-bond donors (Lipinski definition) is 1. The van der Waals surface area contributed by atoms with Crippen LogP contribution in [-0.2, 0) is 6.54 Å². The van der Waals surface area contributed by atoms with Crippen molar-refractivity contribution in [1.29, 1.82) is 0 Å². The zero-order chi connectivity index (χ0) is 10.1. The first-order chi connectivity index (χ1) is 6.74. The van der Waals surface area contributed by atoms with Crippen LogP contribution in [0.25, 0.3) is 6.08 Å². The van der Waals surface area contributed by atoms with Crippen LogP contribution in [0.1, 0.15) is 22.6 Å². The number of halogens is 1. The minimum Gasteiger partial charge on any atom is -0.354 e. The Balaban J connectivity index is 2.54. The van der Waals surface area contributed by atoms with E-state index < -0.39 is 0 Å². The molecule has 0 fully saturated rings. The summed E-state index contributed by atoms with van der Waals surface area (Å²) in [6.07, 6.45) is 5.02. The van der Waals surface area contributed by atoms with Gasteiger partial charge >= 0.3 is 0 Å². The summed E-state index contributed by atoms with van der Waals surface area (Å²) in [4.78, 5) is 11.5. The molecule has 1 aliphatic rings. The van der Waals surface area contributed by atoms with Gasteiger partial charge in [0.15, 0.2) is 0 Å². The lowest BCUT2D eigenvalue weighted by Crippen LogP contribution is -2.23. The molecule has 0 unspecified atom stereocenters. The third-order valence-electron chi connectivity index (χ3n) is 2.33. The van der Waals surface area contributed by atoms with Crippen molar-refractivity contribution in [3.05, 3.63) is 28.6 Å². The number of aromatic nitrogens is 1. The Morgan fingerprint density at radius 2 is 2.43 bits per heavy atom. The highest BCUT2D eigenvalue weighted by Crippen LogP contribution is 2.25. The van der Waals surface area contributed by atoms with Crippen molar-refractivity contribution in [2.75, 3.05) is 7.05 Å². The maximum atomic E-state index is 11.5. The van der Waals surface area contributed by atoms with E-state index in [1.165, 1.54) is 0 Å². The first-order valence-corrected chi connectivity index (χ1v) is 4.89. The maximum absolute atomic E-state index is 11.5. The predicted octanol–water partition coefficient (Wildman–Crippen LogP) is 1.92. The fourth-order valence-corrected chi connectivity index (χ4v) is 1.97. The second-order valence-electron chi connectivity index (χ2n) is 3.19. The standard InChI is InChI=1S/C10H11ClN2O/c1-12-10(14)9-8(11)6-7-4-2-3-5-13(7)9/h2,4,6H,3,5H2,1H3,(H,12,14). The van der Waals surface area contributed by atoms with Gasteiger partial charge in [0, 0.05) is 19.3 Å². The highest BCUT2D eigenvalue weighted by atomic mass is 35.5. The van der Waals surface area contributed by atoms with Gasteiger partial charge in [0.1, 0.15) is 5.69 Å². The lowest BCUT2D eigenvalue weighted by atomic mass is 10.2. The normalized spacial score (nSPS) is 13.9. The van der Waals surface area contributed by atoms with Gasteiger partial charge in [0.2, 0.25) is 0 Å². The molecule has 3 nitrogen and oxygen atoms in total. The fraction of sp³-hybridized carbons (Fsp3) is 0.300. The Bertz CT molecular complexity index is 406. The van der Waals surface area contributed by atoms with Crippen molar-refractivity contribution in [2.45, 2.75) is 13.0 Å². The van der Waals surface area contributed by atoms with Crippen molar-refractivity contribution in [3.8, 4) is 0 Å². The molecular formula is C10H11ClN2O. The van der Waals surface area contributed by atoms with E-state index in [-0.39, 0.29) is 5.91 Å². The first-order valence-electron chi connectivity index (χ1n) is 4.51. The molecule has 0 aliphatic carbocycles. The zero-order valence-electron chi connectivity index (χ0n) is 7.88. The number of allylic oxidation sites excluding steroid dienone is 1. The van der Waals surface area contributed by atoms with Gasteiger partial charge in [-0.15, -0.1) is 0 Å². The molecule has 0 bridgehead atoms. The summed E-state index contributed by atoms with van der Waals surface area (Å²) in [7, 11) is 1.61. The van der Waals surface area contributed by atoms with Gasteiger partial charge in [-0.25, -0.2) is 0 Å². The molecule has 2 rings (SSSR count). The molecule has 1 aromatic rings. The Labute approximate surface area is 87.4 Å². The number of fused-ring (bicyclic) bond motifs is 1. The number of nitrogens with zero attached hydrogens (tertiary/aromatic N) is 1. The average molecular weight is 211 g/mol. The highest BCUT2D eigenvalue weighted by Gasteiger charge is 2.18. The Morgan fingerprint density at radius 1 is 1.64 bits per heavy atom. The van der Waals surface area contributed by atoms with E-state index in [2.05, 4.69) is 11.4 Å². The van der Waals surface area contributed by atoms with Crippen LogP contribution in [0.4, 0.5) is 0 Å². The summed E-state index contributed by atoms with van der Waals surface area (Å²) in [5, 5.41) is 3.11. The number of carbonyl (C=O) groups is 1. The molecule has 0 aromatic carbocycles. The molecule has 0 saturated carbocycles. The number of amides is 1. The van der Waals surface area contributed by atoms with Crippen LogP contribution in [0.2, 0.25) is 5.02 Å². The molecule has 1 aromatic heterocycles. The summed E-state index contributed by atoms with van der Waals surface area (Å²) in [5.41, 5.74) is 1.56. The quantitative estimate of drug-likeness (QED) is 0.755. The predicted molar refractivity (Wildman–Crippen MR) is 56.5 cm³/mol. The summed E-state index contributed by atoms with van der Waals surface area (Å²) in [6, 6.07) is 1.82. The van der Waals surface area contributed by atoms with E-state index in [1.54, 1.807) is 7.05 Å². The first kappa shape index (κ1) is 9.34. The summed E-state index contributed by atoms with van der Waals surface area (Å²) >= 11 is 5.99. The topological polar surface area (TPSA) is 34.0 Å². The number of carbonyl (C=O) groups excluding carboxylic acids is 1. The van der Waals surface area contributed by atoms with Crippen LogP contribution in [0.5, 0.6) is 0 Å². The lowest BCUT2D eigenvalue weighted by Gasteiger charge is -2.12. The number of hydrogen-bond acceptors (Lipinski definition) is 1. The Hall–Kier alpha value is -1.22. The summed E-state index contributed by atoms with van der Waals surface area (Å²) < 4.78 is 1.95. The fourth-order valence-electron chi connectivity index (χ4n) is 1.67.